The van der Waals surface area contributed by atoms with Gasteiger partial charge in [0.25, 0.3) is 5.91 Å². The summed E-state index contributed by atoms with van der Waals surface area (Å²) in [7, 11) is 1.62. The number of carbonyl (C=O) groups excluding carboxylic acids is 1. The van der Waals surface area contributed by atoms with Crippen LogP contribution in [0.4, 0.5) is 5.82 Å². The molecule has 3 aromatic carbocycles. The number of carboxylic acids is 1. The van der Waals surface area contributed by atoms with Crippen molar-refractivity contribution in [2.45, 2.75) is 32.9 Å². The highest BCUT2D eigenvalue weighted by Gasteiger charge is 2.29. The molecule has 208 valence electrons. The number of carboxylic acid groups (broad SMARTS) is 1. The minimum Gasteiger partial charge on any atom is -0.497 e. The highest BCUT2D eigenvalue weighted by atomic mass is 32.1. The van der Waals surface area contributed by atoms with Crippen LogP contribution in [0.5, 0.6) is 11.5 Å². The number of fused-ring (bicyclic) bond motifs is 1. The number of ether oxygens (including phenoxy) is 2. The number of amides is 1. The SMILES string of the molecule is COc1ccc(-c2nc(C)c(C(=O)N(Cc3ccc(OC(C)(C)C(=O)O)cc3)c3ccc4ccccc4n3)s2)cc1. The lowest BCUT2D eigenvalue weighted by atomic mass is 10.1. The molecule has 41 heavy (non-hydrogen) atoms. The number of para-hydroxylation sites is 1. The van der Waals surface area contributed by atoms with E-state index >= 15 is 0 Å². The van der Waals surface area contributed by atoms with Gasteiger partial charge >= 0.3 is 5.97 Å². The molecule has 0 saturated carbocycles. The van der Waals surface area contributed by atoms with E-state index < -0.39 is 11.6 Å². The summed E-state index contributed by atoms with van der Waals surface area (Å²) in [6.07, 6.45) is 0. The fraction of sp³-hybridized carbons (Fsp3) is 0.188. The Balaban J connectivity index is 1.49. The second kappa shape index (κ2) is 11.4. The zero-order valence-electron chi connectivity index (χ0n) is 23.1. The van der Waals surface area contributed by atoms with E-state index in [2.05, 4.69) is 0 Å². The first-order chi connectivity index (χ1) is 19.6. The normalized spacial score (nSPS) is 11.3. The molecule has 1 N–H and O–H groups in total. The van der Waals surface area contributed by atoms with Gasteiger partial charge < -0.3 is 14.6 Å². The second-order valence-corrected chi connectivity index (χ2v) is 11.0. The first kappa shape index (κ1) is 27.8. The van der Waals surface area contributed by atoms with Gasteiger partial charge in [0.15, 0.2) is 5.60 Å². The zero-order valence-corrected chi connectivity index (χ0v) is 23.9. The molecule has 0 bridgehead atoms. The van der Waals surface area contributed by atoms with E-state index in [9.17, 15) is 14.7 Å². The Morgan fingerprint density at radius 2 is 1.59 bits per heavy atom. The molecule has 8 nitrogen and oxygen atoms in total. The second-order valence-electron chi connectivity index (χ2n) is 9.98. The number of anilines is 1. The Hall–Kier alpha value is -4.76. The van der Waals surface area contributed by atoms with Gasteiger partial charge in [-0.15, -0.1) is 11.3 Å². The quantitative estimate of drug-likeness (QED) is 0.210. The summed E-state index contributed by atoms with van der Waals surface area (Å²) in [4.78, 5) is 37.2. The predicted octanol–water partition coefficient (Wildman–Crippen LogP) is 6.76. The highest BCUT2D eigenvalue weighted by molar-refractivity contribution is 7.17. The number of hydrogen-bond donors (Lipinski definition) is 1. The maximum absolute atomic E-state index is 14.1. The molecule has 0 saturated heterocycles. The molecular formula is C32H29N3O5S. The molecule has 0 radical (unpaired) electrons. The van der Waals surface area contributed by atoms with Gasteiger partial charge in [0.1, 0.15) is 27.2 Å². The number of hydrogen-bond acceptors (Lipinski definition) is 7. The van der Waals surface area contributed by atoms with E-state index in [1.165, 1.54) is 25.2 Å². The molecule has 5 aromatic rings. The van der Waals surface area contributed by atoms with Crippen LogP contribution < -0.4 is 14.4 Å². The molecule has 9 heteroatoms. The van der Waals surface area contributed by atoms with Crippen LogP contribution in [0.2, 0.25) is 0 Å². The van der Waals surface area contributed by atoms with E-state index in [0.29, 0.717) is 22.1 Å². The van der Waals surface area contributed by atoms with E-state index in [1.54, 1.807) is 24.1 Å². The third-order valence-corrected chi connectivity index (χ3v) is 7.78. The van der Waals surface area contributed by atoms with Crippen LogP contribution in [-0.4, -0.2) is 39.7 Å². The Bertz CT molecular complexity index is 1710. The van der Waals surface area contributed by atoms with Crippen LogP contribution in [0, 0.1) is 6.92 Å². The van der Waals surface area contributed by atoms with Crippen molar-refractivity contribution in [3.05, 3.63) is 101 Å². The van der Waals surface area contributed by atoms with E-state index in [1.807, 2.05) is 79.7 Å². The predicted molar refractivity (Wildman–Crippen MR) is 160 cm³/mol. The average Bonchev–Trinajstić information content (AvgIpc) is 3.37. The first-order valence-electron chi connectivity index (χ1n) is 13.0. The van der Waals surface area contributed by atoms with Crippen molar-refractivity contribution >= 4 is 39.9 Å². The summed E-state index contributed by atoms with van der Waals surface area (Å²) in [5.74, 6) is 0.407. The van der Waals surface area contributed by atoms with Crippen molar-refractivity contribution < 1.29 is 24.2 Å². The van der Waals surface area contributed by atoms with Crippen LogP contribution in [-0.2, 0) is 11.3 Å². The Morgan fingerprint density at radius 1 is 0.902 bits per heavy atom. The standard InChI is InChI=1S/C32H29N3O5S/c1-20-28(41-29(33-20)23-11-16-24(39-4)17-12-23)30(36)35(27-18-13-22-7-5-6-8-26(22)34-27)19-21-9-14-25(15-10-21)40-32(2,3)31(37)38/h5-18H,19H2,1-4H3,(H,37,38). The summed E-state index contributed by atoms with van der Waals surface area (Å²) in [6, 6.07) is 26.2. The lowest BCUT2D eigenvalue weighted by molar-refractivity contribution is -0.152. The van der Waals surface area contributed by atoms with E-state index in [-0.39, 0.29) is 12.5 Å². The number of aryl methyl sites for hydroxylation is 1. The maximum atomic E-state index is 14.1. The van der Waals surface area contributed by atoms with Gasteiger partial charge in [-0.3, -0.25) is 9.69 Å². The smallest absolute Gasteiger partial charge is 0.347 e. The molecule has 0 aliphatic carbocycles. The van der Waals surface area contributed by atoms with Gasteiger partial charge in [-0.2, -0.15) is 0 Å². The molecule has 0 atom stereocenters. The highest BCUT2D eigenvalue weighted by Crippen LogP contribution is 2.32. The number of aliphatic carboxylic acids is 1. The minimum absolute atomic E-state index is 0.213. The number of thiazole rings is 1. The molecule has 0 fully saturated rings. The lowest BCUT2D eigenvalue weighted by Crippen LogP contribution is -2.37. The third kappa shape index (κ3) is 6.05. The van der Waals surface area contributed by atoms with E-state index in [0.717, 1.165) is 32.8 Å². The molecule has 1 amide bonds. The number of rotatable bonds is 9. The van der Waals surface area contributed by atoms with Gasteiger partial charge in [0.05, 0.1) is 24.9 Å². The van der Waals surface area contributed by atoms with Crippen LogP contribution in [0.25, 0.3) is 21.5 Å². The summed E-state index contributed by atoms with van der Waals surface area (Å²) < 4.78 is 10.9. The molecular weight excluding hydrogens is 538 g/mol. The first-order valence-corrected chi connectivity index (χ1v) is 13.8. The lowest BCUT2D eigenvalue weighted by Gasteiger charge is -2.23. The summed E-state index contributed by atoms with van der Waals surface area (Å²) in [5.41, 5.74) is 1.77. The fourth-order valence-electron chi connectivity index (χ4n) is 4.22. The van der Waals surface area contributed by atoms with Crippen LogP contribution in [0.15, 0.2) is 84.9 Å². The Labute approximate surface area is 241 Å². The van der Waals surface area contributed by atoms with Crippen molar-refractivity contribution in [1.82, 2.24) is 9.97 Å². The monoisotopic (exact) mass is 567 g/mol. The van der Waals surface area contributed by atoms with E-state index in [4.69, 9.17) is 19.4 Å². The molecule has 0 aliphatic rings. The molecule has 5 rings (SSSR count). The van der Waals surface area contributed by atoms with Crippen molar-refractivity contribution in [3.8, 4) is 22.1 Å². The minimum atomic E-state index is -1.37. The number of benzene rings is 3. The largest absolute Gasteiger partial charge is 0.497 e. The number of carbonyl (C=O) groups is 2. The van der Waals surface area contributed by atoms with Crippen LogP contribution in [0.1, 0.15) is 34.8 Å². The number of aromatic nitrogens is 2. The molecule has 0 spiro atoms. The maximum Gasteiger partial charge on any atom is 0.347 e. The van der Waals surface area contributed by atoms with Gasteiger partial charge in [0, 0.05) is 10.9 Å². The molecule has 2 aromatic heterocycles. The van der Waals surface area contributed by atoms with Crippen molar-refractivity contribution in [2.75, 3.05) is 12.0 Å². The van der Waals surface area contributed by atoms with Crippen molar-refractivity contribution in [3.63, 3.8) is 0 Å². The fourth-order valence-corrected chi connectivity index (χ4v) is 5.24. The van der Waals surface area contributed by atoms with Crippen LogP contribution >= 0.6 is 11.3 Å². The van der Waals surface area contributed by atoms with Gasteiger partial charge in [0.2, 0.25) is 0 Å². The zero-order chi connectivity index (χ0) is 29.1. The summed E-state index contributed by atoms with van der Waals surface area (Å²) in [6.45, 7) is 5.06. The average molecular weight is 568 g/mol. The third-order valence-electron chi connectivity index (χ3n) is 6.59. The summed E-state index contributed by atoms with van der Waals surface area (Å²) in [5, 5.41) is 11.1. The van der Waals surface area contributed by atoms with Crippen molar-refractivity contribution in [1.29, 1.82) is 0 Å². The Morgan fingerprint density at radius 3 is 2.27 bits per heavy atom. The molecule has 2 heterocycles. The van der Waals surface area contributed by atoms with Crippen molar-refractivity contribution in [2.24, 2.45) is 0 Å². The molecule has 0 unspecified atom stereocenters. The number of nitrogens with zero attached hydrogens (tertiary/aromatic N) is 3. The Kier molecular flexibility index (Phi) is 7.72. The van der Waals surface area contributed by atoms with Crippen LogP contribution in [0.3, 0.4) is 0 Å². The van der Waals surface area contributed by atoms with Gasteiger partial charge in [-0.1, -0.05) is 30.3 Å². The molecule has 0 aliphatic heterocycles. The topological polar surface area (TPSA) is 102 Å². The van der Waals surface area contributed by atoms with Gasteiger partial charge in [-0.25, -0.2) is 14.8 Å². The number of methoxy groups -OCH3 is 1. The summed E-state index contributed by atoms with van der Waals surface area (Å²) >= 11 is 1.34. The number of pyridine rings is 1. The van der Waals surface area contributed by atoms with Gasteiger partial charge in [-0.05, 0) is 80.9 Å².